The van der Waals surface area contributed by atoms with Gasteiger partial charge in [0, 0.05) is 0 Å². The van der Waals surface area contributed by atoms with Gasteiger partial charge in [-0.25, -0.2) is 0 Å². The van der Waals surface area contributed by atoms with Crippen molar-refractivity contribution in [2.75, 3.05) is 0 Å². The first-order valence-electron chi connectivity index (χ1n) is 3.02. The van der Waals surface area contributed by atoms with Crippen LogP contribution in [0.25, 0.3) is 0 Å². The summed E-state index contributed by atoms with van der Waals surface area (Å²) in [5.41, 5.74) is 1.31. The maximum absolute atomic E-state index is 10.1. The standard InChI is InChI=1S/C5H9N3O3Si/c1-2-12(6-3-9,7-4-10)8-5-11/h2-5H,1H2,(H,6,9)(H,7,10)(H,8,11). The van der Waals surface area contributed by atoms with Crippen LogP contribution in [-0.4, -0.2) is 27.8 Å². The normalized spacial score (nSPS) is 9.33. The van der Waals surface area contributed by atoms with Gasteiger partial charge in [-0.1, -0.05) is 0 Å². The molecule has 7 heteroatoms. The van der Waals surface area contributed by atoms with Crippen LogP contribution < -0.4 is 14.9 Å². The number of hydrogen-bond donors (Lipinski definition) is 3. The predicted octanol–water partition coefficient (Wildman–Crippen LogP) is -2.11. The molecule has 0 aliphatic carbocycles. The van der Waals surface area contributed by atoms with Crippen molar-refractivity contribution in [3.8, 4) is 0 Å². The van der Waals surface area contributed by atoms with Crippen molar-refractivity contribution >= 4 is 27.8 Å². The van der Waals surface area contributed by atoms with E-state index in [1.54, 1.807) is 0 Å². The SMILES string of the molecule is C=C[Si](NC=O)(NC=O)NC=O. The van der Waals surface area contributed by atoms with Crippen molar-refractivity contribution in [1.82, 2.24) is 14.9 Å². The predicted molar refractivity (Wildman–Crippen MR) is 43.6 cm³/mol. The molecule has 0 aliphatic heterocycles. The molecule has 3 N–H and O–H groups in total. The summed E-state index contributed by atoms with van der Waals surface area (Å²) in [5, 5.41) is 0. The van der Waals surface area contributed by atoms with Crippen molar-refractivity contribution in [1.29, 1.82) is 0 Å². The lowest BCUT2D eigenvalue weighted by Gasteiger charge is -2.22. The van der Waals surface area contributed by atoms with Gasteiger partial charge in [0.05, 0.1) is 0 Å². The molecule has 12 heavy (non-hydrogen) atoms. The molecule has 0 heterocycles. The quantitative estimate of drug-likeness (QED) is 0.315. The van der Waals surface area contributed by atoms with Crippen LogP contribution in [0.5, 0.6) is 0 Å². The van der Waals surface area contributed by atoms with Crippen molar-refractivity contribution < 1.29 is 14.4 Å². The summed E-state index contributed by atoms with van der Waals surface area (Å²) in [4.78, 5) is 37.2. The van der Waals surface area contributed by atoms with Crippen molar-refractivity contribution in [3.63, 3.8) is 0 Å². The fourth-order valence-corrected chi connectivity index (χ4v) is 1.74. The highest BCUT2D eigenvalue weighted by Gasteiger charge is 2.30. The highest BCUT2D eigenvalue weighted by Crippen LogP contribution is 1.84. The molecule has 0 spiro atoms. The third kappa shape index (κ3) is 2.54. The van der Waals surface area contributed by atoms with E-state index in [-0.39, 0.29) is 0 Å². The lowest BCUT2D eigenvalue weighted by molar-refractivity contribution is -0.108. The first-order valence-corrected chi connectivity index (χ1v) is 5.10. The fraction of sp³-hybridized carbons (Fsp3) is 0. The average Bonchev–Trinajstić information content (AvgIpc) is 2.06. The Morgan fingerprint density at radius 2 is 1.25 bits per heavy atom. The maximum Gasteiger partial charge on any atom is 0.404 e. The smallest absolute Gasteiger partial charge is 0.348 e. The van der Waals surface area contributed by atoms with Crippen LogP contribution >= 0.6 is 0 Å². The monoisotopic (exact) mass is 187 g/mol. The minimum atomic E-state index is -2.86. The van der Waals surface area contributed by atoms with E-state index in [2.05, 4.69) is 21.5 Å². The molecule has 0 radical (unpaired) electrons. The molecule has 0 saturated carbocycles. The van der Waals surface area contributed by atoms with Crippen LogP contribution in [0.2, 0.25) is 0 Å². The summed E-state index contributed by atoms with van der Waals surface area (Å²) >= 11 is 0. The molecule has 6 nitrogen and oxygen atoms in total. The molecule has 0 aromatic carbocycles. The number of amides is 3. The lowest BCUT2D eigenvalue weighted by atomic mass is 11.3. The summed E-state index contributed by atoms with van der Waals surface area (Å²) in [6.45, 7) is 3.39. The fourth-order valence-electron chi connectivity index (χ4n) is 0.581. The van der Waals surface area contributed by atoms with Crippen LogP contribution in [-0.2, 0) is 14.4 Å². The van der Waals surface area contributed by atoms with E-state index in [0.717, 1.165) is 0 Å². The summed E-state index contributed by atoms with van der Waals surface area (Å²) in [6.07, 6.45) is 1.17. The largest absolute Gasteiger partial charge is 0.404 e. The van der Waals surface area contributed by atoms with Gasteiger partial charge in [0.25, 0.3) is 0 Å². The van der Waals surface area contributed by atoms with Gasteiger partial charge in [-0.15, -0.1) is 6.58 Å². The molecule has 0 aromatic rings. The average molecular weight is 187 g/mol. The molecule has 0 aliphatic rings. The zero-order valence-electron chi connectivity index (χ0n) is 6.24. The van der Waals surface area contributed by atoms with E-state index in [4.69, 9.17) is 0 Å². The molecule has 0 rings (SSSR count). The molecule has 3 amide bonds. The first kappa shape index (κ1) is 10.4. The van der Waals surface area contributed by atoms with E-state index in [1.807, 2.05) is 0 Å². The molecule has 0 aromatic heterocycles. The Morgan fingerprint density at radius 1 is 0.917 bits per heavy atom. The summed E-state index contributed by atoms with van der Waals surface area (Å²) < 4.78 is 0. The van der Waals surface area contributed by atoms with Crippen LogP contribution in [0.4, 0.5) is 0 Å². The molecular formula is C5H9N3O3Si. The van der Waals surface area contributed by atoms with E-state index >= 15 is 0 Å². The molecule has 0 atom stereocenters. The first-order chi connectivity index (χ1) is 5.74. The van der Waals surface area contributed by atoms with Gasteiger partial charge in [0.2, 0.25) is 19.2 Å². The lowest BCUT2D eigenvalue weighted by Crippen LogP contribution is -2.70. The van der Waals surface area contributed by atoms with Crippen LogP contribution in [0.15, 0.2) is 12.3 Å². The molecule has 0 unspecified atom stereocenters. The zero-order chi connectivity index (χ0) is 9.45. The van der Waals surface area contributed by atoms with Gasteiger partial charge in [0.15, 0.2) is 0 Å². The molecule has 0 bridgehead atoms. The Labute approximate surface area is 70.3 Å². The third-order valence-electron chi connectivity index (χ3n) is 1.17. The number of rotatable bonds is 7. The van der Waals surface area contributed by atoms with E-state index in [1.165, 1.54) is 5.70 Å². The van der Waals surface area contributed by atoms with Gasteiger partial charge in [-0.05, 0) is 5.70 Å². The third-order valence-corrected chi connectivity index (χ3v) is 3.50. The molecule has 66 valence electrons. The Bertz CT molecular complexity index is 170. The van der Waals surface area contributed by atoms with Crippen LogP contribution in [0, 0.1) is 0 Å². The van der Waals surface area contributed by atoms with Gasteiger partial charge >= 0.3 is 8.56 Å². The Hall–Kier alpha value is -1.63. The van der Waals surface area contributed by atoms with E-state index < -0.39 is 8.56 Å². The number of carbonyl (C=O) groups excluding carboxylic acids is 3. The zero-order valence-corrected chi connectivity index (χ0v) is 7.24. The van der Waals surface area contributed by atoms with Gasteiger partial charge in [0.1, 0.15) is 0 Å². The number of nitrogens with one attached hydrogen (secondary N) is 3. The maximum atomic E-state index is 10.1. The highest BCUT2D eigenvalue weighted by molar-refractivity contribution is 6.81. The second kappa shape index (κ2) is 5.08. The minimum absolute atomic E-state index is 0.390. The number of hydrogen-bond acceptors (Lipinski definition) is 3. The second-order valence-electron chi connectivity index (χ2n) is 1.80. The van der Waals surface area contributed by atoms with E-state index in [9.17, 15) is 14.4 Å². The highest BCUT2D eigenvalue weighted by atomic mass is 28.4. The minimum Gasteiger partial charge on any atom is -0.348 e. The molecular weight excluding hydrogens is 178 g/mol. The van der Waals surface area contributed by atoms with Gasteiger partial charge < -0.3 is 14.9 Å². The topological polar surface area (TPSA) is 87.3 Å². The van der Waals surface area contributed by atoms with Crippen LogP contribution in [0.3, 0.4) is 0 Å². The Balaban J connectivity index is 4.45. The van der Waals surface area contributed by atoms with Crippen molar-refractivity contribution in [2.24, 2.45) is 0 Å². The van der Waals surface area contributed by atoms with E-state index in [0.29, 0.717) is 19.2 Å². The Morgan fingerprint density at radius 3 is 1.42 bits per heavy atom. The second-order valence-corrected chi connectivity index (χ2v) is 4.69. The van der Waals surface area contributed by atoms with Gasteiger partial charge in [-0.3, -0.25) is 14.4 Å². The summed E-state index contributed by atoms with van der Waals surface area (Å²) in [7, 11) is -2.86. The molecule has 0 fully saturated rings. The number of carbonyl (C=O) groups is 3. The van der Waals surface area contributed by atoms with Crippen LogP contribution in [0.1, 0.15) is 0 Å². The van der Waals surface area contributed by atoms with Gasteiger partial charge in [-0.2, -0.15) is 0 Å². The molecule has 0 saturated heterocycles. The van der Waals surface area contributed by atoms with Crippen molar-refractivity contribution in [3.05, 3.63) is 12.3 Å². The summed E-state index contributed by atoms with van der Waals surface area (Å²) in [6, 6.07) is 0. The summed E-state index contributed by atoms with van der Waals surface area (Å²) in [5.74, 6) is 0. The Kier molecular flexibility index (Phi) is 4.38. The van der Waals surface area contributed by atoms with Crippen molar-refractivity contribution in [2.45, 2.75) is 0 Å².